The highest BCUT2D eigenvalue weighted by molar-refractivity contribution is 7.92. The SMILES string of the molecule is Cc1ccc(C)c(NS(=O)(=O)c2ccc(C(=O)NCc3ccncc3)cc2)c1. The lowest BCUT2D eigenvalue weighted by atomic mass is 10.1. The first-order valence-electron chi connectivity index (χ1n) is 8.72. The molecule has 0 aliphatic heterocycles. The Morgan fingerprint density at radius 2 is 1.64 bits per heavy atom. The standard InChI is InChI=1S/C21H21N3O3S/c1-15-3-4-16(2)20(13-15)24-28(26,27)19-7-5-18(6-8-19)21(25)23-14-17-9-11-22-12-10-17/h3-13,24H,14H2,1-2H3,(H,23,25). The van der Waals surface area contributed by atoms with Gasteiger partial charge in [0.25, 0.3) is 15.9 Å². The van der Waals surface area contributed by atoms with Crippen LogP contribution < -0.4 is 10.0 Å². The summed E-state index contributed by atoms with van der Waals surface area (Å²) in [4.78, 5) is 16.3. The van der Waals surface area contributed by atoms with Crippen molar-refractivity contribution in [2.24, 2.45) is 0 Å². The van der Waals surface area contributed by atoms with Gasteiger partial charge in [-0.15, -0.1) is 0 Å². The molecule has 0 saturated heterocycles. The summed E-state index contributed by atoms with van der Waals surface area (Å²) in [6, 6.07) is 15.1. The van der Waals surface area contributed by atoms with Gasteiger partial charge in [0.05, 0.1) is 10.6 Å². The largest absolute Gasteiger partial charge is 0.348 e. The minimum absolute atomic E-state index is 0.0964. The molecule has 0 fully saturated rings. The Balaban J connectivity index is 1.70. The minimum atomic E-state index is -3.74. The van der Waals surface area contributed by atoms with Gasteiger partial charge in [0.15, 0.2) is 0 Å². The summed E-state index contributed by atoms with van der Waals surface area (Å²) in [5.41, 5.74) is 3.66. The second-order valence-electron chi connectivity index (χ2n) is 6.49. The third kappa shape index (κ3) is 4.75. The lowest BCUT2D eigenvalue weighted by Gasteiger charge is -2.12. The van der Waals surface area contributed by atoms with E-state index in [1.165, 1.54) is 24.3 Å². The molecule has 2 N–H and O–H groups in total. The highest BCUT2D eigenvalue weighted by Crippen LogP contribution is 2.21. The van der Waals surface area contributed by atoms with Gasteiger partial charge in [0.2, 0.25) is 0 Å². The average molecular weight is 395 g/mol. The van der Waals surface area contributed by atoms with Gasteiger partial charge in [-0.1, -0.05) is 12.1 Å². The lowest BCUT2D eigenvalue weighted by molar-refractivity contribution is 0.0951. The first kappa shape index (κ1) is 19.6. The van der Waals surface area contributed by atoms with Crippen LogP contribution in [0.2, 0.25) is 0 Å². The Labute approximate surface area is 164 Å². The lowest BCUT2D eigenvalue weighted by Crippen LogP contribution is -2.23. The molecule has 0 saturated carbocycles. The number of rotatable bonds is 6. The molecule has 28 heavy (non-hydrogen) atoms. The van der Waals surface area contributed by atoms with Gasteiger partial charge in [-0.05, 0) is 73.0 Å². The molecule has 0 spiro atoms. The summed E-state index contributed by atoms with van der Waals surface area (Å²) in [7, 11) is -3.74. The van der Waals surface area contributed by atoms with Crippen LogP contribution in [0.5, 0.6) is 0 Å². The minimum Gasteiger partial charge on any atom is -0.348 e. The van der Waals surface area contributed by atoms with Crippen LogP contribution in [0.3, 0.4) is 0 Å². The molecule has 0 radical (unpaired) electrons. The molecule has 3 rings (SSSR count). The third-order valence-corrected chi connectivity index (χ3v) is 5.65. The number of sulfonamides is 1. The first-order valence-corrected chi connectivity index (χ1v) is 10.2. The van der Waals surface area contributed by atoms with Crippen LogP contribution in [-0.4, -0.2) is 19.3 Å². The van der Waals surface area contributed by atoms with Crippen molar-refractivity contribution in [3.8, 4) is 0 Å². The molecule has 1 amide bonds. The second-order valence-corrected chi connectivity index (χ2v) is 8.17. The first-order chi connectivity index (χ1) is 13.3. The van der Waals surface area contributed by atoms with Crippen molar-refractivity contribution in [1.82, 2.24) is 10.3 Å². The van der Waals surface area contributed by atoms with Crippen LogP contribution in [0.25, 0.3) is 0 Å². The summed E-state index contributed by atoms with van der Waals surface area (Å²) in [5, 5.41) is 2.80. The van der Waals surface area contributed by atoms with Gasteiger partial charge in [-0.2, -0.15) is 0 Å². The van der Waals surface area contributed by atoms with E-state index in [1.807, 2.05) is 38.1 Å². The number of hydrogen-bond donors (Lipinski definition) is 2. The highest BCUT2D eigenvalue weighted by Gasteiger charge is 2.16. The maximum Gasteiger partial charge on any atom is 0.261 e. The van der Waals surface area contributed by atoms with Crippen molar-refractivity contribution < 1.29 is 13.2 Å². The van der Waals surface area contributed by atoms with Crippen LogP contribution in [0, 0.1) is 13.8 Å². The molecule has 0 atom stereocenters. The second kappa shape index (κ2) is 8.22. The molecule has 1 aromatic heterocycles. The van der Waals surface area contributed by atoms with Crippen molar-refractivity contribution in [3.63, 3.8) is 0 Å². The van der Waals surface area contributed by atoms with E-state index in [4.69, 9.17) is 0 Å². The third-order valence-electron chi connectivity index (χ3n) is 4.27. The van der Waals surface area contributed by atoms with Crippen molar-refractivity contribution in [3.05, 3.63) is 89.2 Å². The molecule has 2 aromatic carbocycles. The molecule has 7 heteroatoms. The molecule has 0 aliphatic rings. The summed E-state index contributed by atoms with van der Waals surface area (Å²) in [6.07, 6.45) is 3.31. The van der Waals surface area contributed by atoms with Crippen LogP contribution >= 0.6 is 0 Å². The predicted molar refractivity (Wildman–Crippen MR) is 109 cm³/mol. The van der Waals surface area contributed by atoms with E-state index >= 15 is 0 Å². The number of carbonyl (C=O) groups is 1. The quantitative estimate of drug-likeness (QED) is 0.669. The fourth-order valence-corrected chi connectivity index (χ4v) is 3.74. The zero-order valence-corrected chi connectivity index (χ0v) is 16.5. The molecule has 0 bridgehead atoms. The zero-order valence-electron chi connectivity index (χ0n) is 15.6. The van der Waals surface area contributed by atoms with E-state index in [0.717, 1.165) is 16.7 Å². The van der Waals surface area contributed by atoms with Crippen LogP contribution in [0.4, 0.5) is 5.69 Å². The maximum absolute atomic E-state index is 12.6. The fraction of sp³-hybridized carbons (Fsp3) is 0.143. The van der Waals surface area contributed by atoms with E-state index in [2.05, 4.69) is 15.0 Å². The number of benzene rings is 2. The van der Waals surface area contributed by atoms with E-state index in [1.54, 1.807) is 18.5 Å². The van der Waals surface area contributed by atoms with Gasteiger partial charge in [-0.3, -0.25) is 14.5 Å². The van der Waals surface area contributed by atoms with Crippen molar-refractivity contribution in [2.45, 2.75) is 25.3 Å². The van der Waals surface area contributed by atoms with Gasteiger partial charge in [0.1, 0.15) is 0 Å². The summed E-state index contributed by atoms with van der Waals surface area (Å²) < 4.78 is 27.9. The number of amides is 1. The number of nitrogens with one attached hydrogen (secondary N) is 2. The topological polar surface area (TPSA) is 88.2 Å². The molecule has 3 aromatic rings. The molecular formula is C21H21N3O3S. The number of hydrogen-bond acceptors (Lipinski definition) is 4. The fourth-order valence-electron chi connectivity index (χ4n) is 2.62. The molecule has 144 valence electrons. The molecule has 1 heterocycles. The number of anilines is 1. The monoisotopic (exact) mass is 395 g/mol. The Bertz CT molecular complexity index is 1080. The maximum atomic E-state index is 12.6. The molecular weight excluding hydrogens is 374 g/mol. The highest BCUT2D eigenvalue weighted by atomic mass is 32.2. The Kier molecular flexibility index (Phi) is 5.75. The number of nitrogens with zero attached hydrogens (tertiary/aromatic N) is 1. The van der Waals surface area contributed by atoms with Crippen molar-refractivity contribution >= 4 is 21.6 Å². The Morgan fingerprint density at radius 3 is 2.32 bits per heavy atom. The average Bonchev–Trinajstić information content (AvgIpc) is 2.69. The van der Waals surface area contributed by atoms with Gasteiger partial charge >= 0.3 is 0 Å². The van der Waals surface area contributed by atoms with Crippen LogP contribution in [0.15, 0.2) is 71.9 Å². The van der Waals surface area contributed by atoms with Crippen LogP contribution in [-0.2, 0) is 16.6 Å². The van der Waals surface area contributed by atoms with E-state index in [0.29, 0.717) is 17.8 Å². The molecule has 0 unspecified atom stereocenters. The van der Waals surface area contributed by atoms with E-state index in [9.17, 15) is 13.2 Å². The number of pyridine rings is 1. The Hall–Kier alpha value is -3.19. The number of aromatic nitrogens is 1. The Morgan fingerprint density at radius 1 is 0.964 bits per heavy atom. The van der Waals surface area contributed by atoms with Gasteiger partial charge in [0, 0.05) is 24.5 Å². The van der Waals surface area contributed by atoms with E-state index < -0.39 is 10.0 Å². The summed E-state index contributed by atoms with van der Waals surface area (Å²) in [6.45, 7) is 4.11. The van der Waals surface area contributed by atoms with Crippen LogP contribution in [0.1, 0.15) is 27.0 Å². The summed E-state index contributed by atoms with van der Waals surface area (Å²) >= 11 is 0. The summed E-state index contributed by atoms with van der Waals surface area (Å²) in [5.74, 6) is -0.275. The van der Waals surface area contributed by atoms with Gasteiger partial charge in [-0.25, -0.2) is 8.42 Å². The van der Waals surface area contributed by atoms with Crippen molar-refractivity contribution in [1.29, 1.82) is 0 Å². The van der Waals surface area contributed by atoms with E-state index in [-0.39, 0.29) is 10.8 Å². The smallest absolute Gasteiger partial charge is 0.261 e. The zero-order chi connectivity index (χ0) is 20.1. The predicted octanol–water partition coefficient (Wildman–Crippen LogP) is 3.43. The van der Waals surface area contributed by atoms with Crippen molar-refractivity contribution in [2.75, 3.05) is 4.72 Å². The molecule has 0 aliphatic carbocycles. The number of carbonyl (C=O) groups excluding carboxylic acids is 1. The normalized spacial score (nSPS) is 11.1. The molecule has 6 nitrogen and oxygen atoms in total. The number of aryl methyl sites for hydroxylation is 2. The van der Waals surface area contributed by atoms with Gasteiger partial charge < -0.3 is 5.32 Å².